The number of para-hydroxylation sites is 1. The quantitative estimate of drug-likeness (QED) is 0.829. The van der Waals surface area contributed by atoms with Crippen molar-refractivity contribution in [1.82, 2.24) is 0 Å². The van der Waals surface area contributed by atoms with Gasteiger partial charge in [0, 0.05) is 17.8 Å². The van der Waals surface area contributed by atoms with Gasteiger partial charge in [0.15, 0.2) is 5.78 Å². The van der Waals surface area contributed by atoms with Gasteiger partial charge >= 0.3 is 0 Å². The van der Waals surface area contributed by atoms with Crippen molar-refractivity contribution < 1.29 is 9.90 Å². The van der Waals surface area contributed by atoms with E-state index in [0.717, 1.165) is 5.69 Å². The van der Waals surface area contributed by atoms with Crippen LogP contribution < -0.4 is 5.32 Å². The Kier molecular flexibility index (Phi) is 4.26. The number of rotatable bonds is 3. The zero-order valence-electron chi connectivity index (χ0n) is 12.0. The predicted molar refractivity (Wildman–Crippen MR) is 92.5 cm³/mol. The number of nitrogens with one attached hydrogen (secondary N) is 1. The van der Waals surface area contributed by atoms with Gasteiger partial charge in [-0.15, -0.1) is 0 Å². The molecule has 0 unspecified atom stereocenters. The molecule has 0 bridgehead atoms. The van der Waals surface area contributed by atoms with Gasteiger partial charge in [0.05, 0.1) is 22.1 Å². The molecule has 2 aromatic carbocycles. The zero-order chi connectivity index (χ0) is 16.2. The van der Waals surface area contributed by atoms with Crippen LogP contribution in [0.3, 0.4) is 0 Å². The highest BCUT2D eigenvalue weighted by molar-refractivity contribution is 6.33. The van der Waals surface area contributed by atoms with E-state index in [1.54, 1.807) is 12.1 Å². The van der Waals surface area contributed by atoms with Crippen molar-refractivity contribution in [1.29, 1.82) is 0 Å². The maximum absolute atomic E-state index is 11.7. The molecule has 23 heavy (non-hydrogen) atoms. The summed E-state index contributed by atoms with van der Waals surface area (Å²) in [5.41, 5.74) is 2.54. The van der Waals surface area contributed by atoms with Crippen LogP contribution in [0.5, 0.6) is 5.75 Å². The number of anilines is 1. The molecule has 1 aliphatic carbocycles. The van der Waals surface area contributed by atoms with E-state index in [0.29, 0.717) is 22.1 Å². The lowest BCUT2D eigenvalue weighted by Crippen LogP contribution is -2.15. The summed E-state index contributed by atoms with van der Waals surface area (Å²) in [7, 11) is 0. The van der Waals surface area contributed by atoms with E-state index < -0.39 is 0 Å². The number of aromatic hydroxyl groups is 1. The Balaban J connectivity index is 1.95. The van der Waals surface area contributed by atoms with E-state index in [1.807, 2.05) is 30.3 Å². The first-order valence-electron chi connectivity index (χ1n) is 6.95. The molecule has 0 aromatic heterocycles. The number of carbonyl (C=O) groups excluding carboxylic acids is 1. The Morgan fingerprint density at radius 3 is 2.57 bits per heavy atom. The van der Waals surface area contributed by atoms with Crippen molar-refractivity contribution in [3.63, 3.8) is 0 Å². The van der Waals surface area contributed by atoms with E-state index in [2.05, 4.69) is 10.3 Å². The first-order valence-corrected chi connectivity index (χ1v) is 7.33. The van der Waals surface area contributed by atoms with Gasteiger partial charge in [-0.1, -0.05) is 29.8 Å². The minimum absolute atomic E-state index is 0.0755. The number of carbonyl (C=O) groups is 1. The number of aliphatic imine (C=N–C) groups is 1. The van der Waals surface area contributed by atoms with Crippen molar-refractivity contribution in [2.75, 3.05) is 5.32 Å². The Morgan fingerprint density at radius 1 is 1.04 bits per heavy atom. The molecule has 1 aliphatic rings. The summed E-state index contributed by atoms with van der Waals surface area (Å²) >= 11 is 6.09. The molecule has 5 heteroatoms. The topological polar surface area (TPSA) is 61.7 Å². The van der Waals surface area contributed by atoms with Gasteiger partial charge < -0.3 is 10.4 Å². The third kappa shape index (κ3) is 3.67. The van der Waals surface area contributed by atoms with Gasteiger partial charge in [-0.25, -0.2) is 4.99 Å². The number of benzene rings is 2. The summed E-state index contributed by atoms with van der Waals surface area (Å²) in [5.74, 6) is -0.0364. The predicted octanol–water partition coefficient (Wildman–Crippen LogP) is 4.25. The van der Waals surface area contributed by atoms with Gasteiger partial charge in [0.25, 0.3) is 0 Å². The number of phenolic OH excluding ortho intramolecular Hbond substituents is 1. The van der Waals surface area contributed by atoms with E-state index in [-0.39, 0.29) is 11.5 Å². The zero-order valence-corrected chi connectivity index (χ0v) is 12.8. The molecule has 4 nitrogen and oxygen atoms in total. The highest BCUT2D eigenvalue weighted by Crippen LogP contribution is 2.29. The summed E-state index contributed by atoms with van der Waals surface area (Å²) < 4.78 is 0. The van der Waals surface area contributed by atoms with Crippen molar-refractivity contribution in [2.45, 2.75) is 0 Å². The number of hydrogen-bond donors (Lipinski definition) is 2. The van der Waals surface area contributed by atoms with Crippen LogP contribution >= 0.6 is 11.6 Å². The van der Waals surface area contributed by atoms with Crippen LogP contribution in [0, 0.1) is 0 Å². The van der Waals surface area contributed by atoms with Crippen LogP contribution in [0.4, 0.5) is 11.4 Å². The molecule has 0 radical (unpaired) electrons. The van der Waals surface area contributed by atoms with E-state index in [1.165, 1.54) is 24.3 Å². The second-order valence-corrected chi connectivity index (χ2v) is 5.32. The van der Waals surface area contributed by atoms with Crippen molar-refractivity contribution in [3.8, 4) is 5.75 Å². The Morgan fingerprint density at radius 2 is 1.83 bits per heavy atom. The number of hydrogen-bond acceptors (Lipinski definition) is 4. The van der Waals surface area contributed by atoms with Gasteiger partial charge in [-0.2, -0.15) is 0 Å². The minimum atomic E-state index is -0.112. The molecule has 2 N–H and O–H groups in total. The van der Waals surface area contributed by atoms with E-state index in [4.69, 9.17) is 11.6 Å². The van der Waals surface area contributed by atoms with Crippen LogP contribution in [0.15, 0.2) is 77.4 Å². The third-order valence-electron chi connectivity index (χ3n) is 3.19. The fourth-order valence-electron chi connectivity index (χ4n) is 2.11. The Hall–Kier alpha value is -2.85. The molecule has 0 atom stereocenters. The molecular formula is C18H13ClN2O2. The van der Waals surface area contributed by atoms with Gasteiger partial charge in [-0.3, -0.25) is 4.79 Å². The van der Waals surface area contributed by atoms with Crippen LogP contribution in [0.25, 0.3) is 0 Å². The summed E-state index contributed by atoms with van der Waals surface area (Å²) in [6, 6.07) is 14.1. The third-order valence-corrected chi connectivity index (χ3v) is 3.50. The highest BCUT2D eigenvalue weighted by Gasteiger charge is 2.13. The van der Waals surface area contributed by atoms with Crippen LogP contribution in [0.1, 0.15) is 0 Å². The summed E-state index contributed by atoms with van der Waals surface area (Å²) in [6.07, 6.45) is 4.57. The van der Waals surface area contributed by atoms with Gasteiger partial charge in [0.2, 0.25) is 0 Å². The molecule has 0 spiro atoms. The number of nitrogens with zero attached hydrogens (tertiary/aromatic N) is 1. The average Bonchev–Trinajstić information content (AvgIpc) is 2.53. The Labute approximate surface area is 138 Å². The lowest BCUT2D eigenvalue weighted by Gasteiger charge is -2.14. The summed E-state index contributed by atoms with van der Waals surface area (Å²) in [5, 5.41) is 12.9. The molecule has 3 rings (SSSR count). The molecule has 0 heterocycles. The highest BCUT2D eigenvalue weighted by atomic mass is 35.5. The molecule has 0 amide bonds. The van der Waals surface area contributed by atoms with E-state index >= 15 is 0 Å². The molecule has 114 valence electrons. The molecule has 0 fully saturated rings. The number of halogens is 1. The number of phenols is 1. The Bertz CT molecular complexity index is 839. The molecule has 0 saturated carbocycles. The maximum Gasteiger partial charge on any atom is 0.180 e. The average molecular weight is 325 g/mol. The SMILES string of the molecule is O=C1C=CC(=Nc2ccc(O)cc2Cl)C(Nc2ccccc2)=C1. The molecule has 0 saturated heterocycles. The first kappa shape index (κ1) is 15.1. The molecule has 2 aromatic rings. The second-order valence-electron chi connectivity index (χ2n) is 4.92. The van der Waals surface area contributed by atoms with Crippen molar-refractivity contribution in [2.24, 2.45) is 4.99 Å². The fourth-order valence-corrected chi connectivity index (χ4v) is 2.32. The smallest absolute Gasteiger partial charge is 0.180 e. The van der Waals surface area contributed by atoms with Crippen LogP contribution in [-0.2, 0) is 4.79 Å². The first-order chi connectivity index (χ1) is 11.1. The van der Waals surface area contributed by atoms with Crippen LogP contribution in [0.2, 0.25) is 5.02 Å². The minimum Gasteiger partial charge on any atom is -0.508 e. The number of ketones is 1. The molecular weight excluding hydrogens is 312 g/mol. The lowest BCUT2D eigenvalue weighted by molar-refractivity contribution is -0.110. The molecule has 0 aliphatic heterocycles. The fraction of sp³-hybridized carbons (Fsp3) is 0. The largest absolute Gasteiger partial charge is 0.508 e. The lowest BCUT2D eigenvalue weighted by atomic mass is 10.1. The normalized spacial score (nSPS) is 15.6. The van der Waals surface area contributed by atoms with E-state index in [9.17, 15) is 9.90 Å². The summed E-state index contributed by atoms with van der Waals surface area (Å²) in [4.78, 5) is 16.1. The summed E-state index contributed by atoms with van der Waals surface area (Å²) in [6.45, 7) is 0. The second kappa shape index (κ2) is 6.50. The standard InChI is InChI=1S/C18H13ClN2O2/c19-15-10-13(22)6-8-16(15)21-17-9-7-14(23)11-18(17)20-12-4-2-1-3-5-12/h1-11,20,22H. The van der Waals surface area contributed by atoms with Crippen LogP contribution in [-0.4, -0.2) is 16.6 Å². The number of allylic oxidation sites excluding steroid dienone is 3. The maximum atomic E-state index is 11.7. The van der Waals surface area contributed by atoms with Crippen molar-refractivity contribution in [3.05, 3.63) is 77.5 Å². The van der Waals surface area contributed by atoms with Gasteiger partial charge in [0.1, 0.15) is 5.75 Å². The van der Waals surface area contributed by atoms with Crippen molar-refractivity contribution >= 4 is 34.5 Å². The van der Waals surface area contributed by atoms with Gasteiger partial charge in [-0.05, 0) is 36.4 Å². The monoisotopic (exact) mass is 324 g/mol.